The van der Waals surface area contributed by atoms with E-state index in [4.69, 9.17) is 0 Å². The minimum absolute atomic E-state index is 0.173. The standard InChI is InChI=1S/C27H20N2OS/c30-27(28-22-11-5-2-6-12-22)29-19-26(24-13-7-8-14-25(24)29)31-23-17-15-21(16-18-23)20-9-3-1-4-10-20/h1-19H,(H,28,30). The van der Waals surface area contributed by atoms with Crippen molar-refractivity contribution in [3.63, 3.8) is 0 Å². The van der Waals surface area contributed by atoms with Crippen LogP contribution in [0.5, 0.6) is 0 Å². The van der Waals surface area contributed by atoms with Crippen LogP contribution in [0.2, 0.25) is 0 Å². The zero-order chi connectivity index (χ0) is 21.0. The molecule has 31 heavy (non-hydrogen) atoms. The molecule has 0 radical (unpaired) electrons. The number of carbonyl (C=O) groups is 1. The number of hydrogen-bond donors (Lipinski definition) is 1. The Bertz CT molecular complexity index is 1330. The van der Waals surface area contributed by atoms with Crippen LogP contribution in [-0.2, 0) is 0 Å². The summed E-state index contributed by atoms with van der Waals surface area (Å²) >= 11 is 1.66. The van der Waals surface area contributed by atoms with E-state index in [9.17, 15) is 4.79 Å². The zero-order valence-corrected chi connectivity index (χ0v) is 17.5. The fraction of sp³-hybridized carbons (Fsp3) is 0. The summed E-state index contributed by atoms with van der Waals surface area (Å²) in [4.78, 5) is 15.1. The van der Waals surface area contributed by atoms with Crippen LogP contribution in [0.25, 0.3) is 22.0 Å². The van der Waals surface area contributed by atoms with E-state index in [0.717, 1.165) is 26.4 Å². The van der Waals surface area contributed by atoms with E-state index in [0.29, 0.717) is 0 Å². The van der Waals surface area contributed by atoms with Crippen molar-refractivity contribution in [1.82, 2.24) is 4.57 Å². The van der Waals surface area contributed by atoms with Crippen molar-refractivity contribution in [1.29, 1.82) is 0 Å². The molecule has 0 fully saturated rings. The highest BCUT2D eigenvalue weighted by Gasteiger charge is 2.14. The van der Waals surface area contributed by atoms with Gasteiger partial charge in [-0.1, -0.05) is 90.6 Å². The number of hydrogen-bond acceptors (Lipinski definition) is 2. The van der Waals surface area contributed by atoms with Gasteiger partial charge < -0.3 is 5.32 Å². The molecule has 1 N–H and O–H groups in total. The van der Waals surface area contributed by atoms with Gasteiger partial charge in [0.2, 0.25) is 0 Å². The fourth-order valence-corrected chi connectivity index (χ4v) is 4.54. The largest absolute Gasteiger partial charge is 0.330 e. The molecule has 1 amide bonds. The average Bonchev–Trinajstić information content (AvgIpc) is 3.19. The molecule has 0 aliphatic carbocycles. The number of rotatable bonds is 4. The van der Waals surface area contributed by atoms with Gasteiger partial charge >= 0.3 is 6.03 Å². The van der Waals surface area contributed by atoms with Gasteiger partial charge in [0.05, 0.1) is 5.52 Å². The van der Waals surface area contributed by atoms with Crippen LogP contribution in [0, 0.1) is 0 Å². The number of amides is 1. The maximum Gasteiger partial charge on any atom is 0.330 e. The highest BCUT2D eigenvalue weighted by Crippen LogP contribution is 2.36. The van der Waals surface area contributed by atoms with Crippen molar-refractivity contribution in [2.75, 3.05) is 5.32 Å². The van der Waals surface area contributed by atoms with Crippen LogP contribution in [0.4, 0.5) is 10.5 Å². The first-order valence-electron chi connectivity index (χ1n) is 10.1. The van der Waals surface area contributed by atoms with Gasteiger partial charge in [-0.25, -0.2) is 4.79 Å². The predicted molar refractivity (Wildman–Crippen MR) is 129 cm³/mol. The maximum absolute atomic E-state index is 12.9. The molecule has 5 rings (SSSR count). The van der Waals surface area contributed by atoms with Crippen LogP contribution < -0.4 is 5.32 Å². The summed E-state index contributed by atoms with van der Waals surface area (Å²) in [6, 6.07) is 36.2. The van der Waals surface area contributed by atoms with E-state index < -0.39 is 0 Å². The molecule has 150 valence electrons. The first-order valence-corrected chi connectivity index (χ1v) is 10.9. The van der Waals surface area contributed by atoms with Crippen LogP contribution in [-0.4, -0.2) is 10.6 Å². The third-order valence-corrected chi connectivity index (χ3v) is 6.16. The van der Waals surface area contributed by atoms with E-state index in [-0.39, 0.29) is 6.03 Å². The molecule has 0 aliphatic heterocycles. The number of nitrogens with zero attached hydrogens (tertiary/aromatic N) is 1. The lowest BCUT2D eigenvalue weighted by Gasteiger charge is -2.06. The number of anilines is 1. The fourth-order valence-electron chi connectivity index (χ4n) is 3.58. The molecule has 4 aromatic carbocycles. The number of carbonyl (C=O) groups excluding carboxylic acids is 1. The summed E-state index contributed by atoms with van der Waals surface area (Å²) in [6.07, 6.45) is 1.92. The van der Waals surface area contributed by atoms with Crippen molar-refractivity contribution in [3.05, 3.63) is 115 Å². The molecule has 0 saturated carbocycles. The summed E-state index contributed by atoms with van der Waals surface area (Å²) in [6.45, 7) is 0. The Hall–Kier alpha value is -3.76. The normalized spacial score (nSPS) is 10.8. The highest BCUT2D eigenvalue weighted by atomic mass is 32.2. The number of aromatic nitrogens is 1. The second-order valence-corrected chi connectivity index (χ2v) is 8.28. The van der Waals surface area contributed by atoms with Crippen LogP contribution >= 0.6 is 11.8 Å². The van der Waals surface area contributed by atoms with Gasteiger partial charge in [-0.05, 0) is 41.5 Å². The molecule has 0 bridgehead atoms. The monoisotopic (exact) mass is 420 g/mol. The topological polar surface area (TPSA) is 34.0 Å². The van der Waals surface area contributed by atoms with Gasteiger partial charge in [0.25, 0.3) is 0 Å². The van der Waals surface area contributed by atoms with Crippen LogP contribution in [0.3, 0.4) is 0 Å². The molecule has 0 atom stereocenters. The molecule has 3 nitrogen and oxygen atoms in total. The van der Waals surface area contributed by atoms with Gasteiger partial charge in [-0.2, -0.15) is 0 Å². The lowest BCUT2D eigenvalue weighted by Crippen LogP contribution is -2.18. The van der Waals surface area contributed by atoms with Crippen LogP contribution in [0.1, 0.15) is 0 Å². The van der Waals surface area contributed by atoms with Gasteiger partial charge in [0.15, 0.2) is 0 Å². The molecule has 0 unspecified atom stereocenters. The van der Waals surface area contributed by atoms with Crippen molar-refractivity contribution in [2.24, 2.45) is 0 Å². The Balaban J connectivity index is 1.43. The van der Waals surface area contributed by atoms with Gasteiger partial charge in [-0.15, -0.1) is 0 Å². The Morgan fingerprint density at radius 2 is 1.29 bits per heavy atom. The third-order valence-electron chi connectivity index (χ3n) is 5.11. The van der Waals surface area contributed by atoms with Gasteiger partial charge in [0, 0.05) is 27.1 Å². The zero-order valence-electron chi connectivity index (χ0n) is 16.7. The van der Waals surface area contributed by atoms with Crippen molar-refractivity contribution in [3.8, 4) is 11.1 Å². The lowest BCUT2D eigenvalue weighted by atomic mass is 10.1. The smallest absolute Gasteiger partial charge is 0.307 e. The van der Waals surface area contributed by atoms with Crippen molar-refractivity contribution in [2.45, 2.75) is 9.79 Å². The Labute approximate surface area is 185 Å². The molecule has 0 spiro atoms. The van der Waals surface area contributed by atoms with Crippen LogP contribution in [0.15, 0.2) is 125 Å². The molecular weight excluding hydrogens is 400 g/mol. The van der Waals surface area contributed by atoms with Crippen molar-refractivity contribution < 1.29 is 4.79 Å². The summed E-state index contributed by atoms with van der Waals surface area (Å²) in [5.41, 5.74) is 4.05. The number of nitrogens with one attached hydrogen (secondary N) is 1. The summed E-state index contributed by atoms with van der Waals surface area (Å²) in [5.74, 6) is 0. The minimum Gasteiger partial charge on any atom is -0.307 e. The third kappa shape index (κ3) is 4.11. The summed E-state index contributed by atoms with van der Waals surface area (Å²) in [5, 5.41) is 4.03. The summed E-state index contributed by atoms with van der Waals surface area (Å²) < 4.78 is 1.68. The number of benzene rings is 4. The SMILES string of the molecule is O=C(Nc1ccccc1)n1cc(Sc2ccc(-c3ccccc3)cc2)c2ccccc21. The maximum atomic E-state index is 12.9. The van der Waals surface area contributed by atoms with Gasteiger partial charge in [0.1, 0.15) is 0 Å². The number of para-hydroxylation sites is 2. The lowest BCUT2D eigenvalue weighted by molar-refractivity contribution is 0.254. The Morgan fingerprint density at radius 3 is 2.03 bits per heavy atom. The molecule has 0 aliphatic rings. The molecule has 0 saturated heterocycles. The first kappa shape index (κ1) is 19.2. The molecular formula is C27H20N2OS. The minimum atomic E-state index is -0.173. The highest BCUT2D eigenvalue weighted by molar-refractivity contribution is 7.99. The molecule has 1 aromatic heterocycles. The van der Waals surface area contributed by atoms with Gasteiger partial charge in [-0.3, -0.25) is 4.57 Å². The number of fused-ring (bicyclic) bond motifs is 1. The first-order chi connectivity index (χ1) is 15.3. The van der Waals surface area contributed by atoms with E-state index in [2.05, 4.69) is 47.8 Å². The Kier molecular flexibility index (Phi) is 5.29. The summed E-state index contributed by atoms with van der Waals surface area (Å²) in [7, 11) is 0. The average molecular weight is 421 g/mol. The second kappa shape index (κ2) is 8.54. The van der Waals surface area contributed by atoms with E-state index in [1.807, 2.05) is 72.9 Å². The predicted octanol–water partition coefficient (Wildman–Crippen LogP) is 7.54. The van der Waals surface area contributed by atoms with E-state index in [1.165, 1.54) is 11.1 Å². The molecule has 4 heteroatoms. The van der Waals surface area contributed by atoms with E-state index in [1.54, 1.807) is 16.3 Å². The molecule has 1 heterocycles. The second-order valence-electron chi connectivity index (χ2n) is 7.17. The van der Waals surface area contributed by atoms with E-state index >= 15 is 0 Å². The quantitative estimate of drug-likeness (QED) is 0.326. The van der Waals surface area contributed by atoms with Crippen molar-refractivity contribution >= 4 is 34.4 Å². The molecule has 5 aromatic rings. The Morgan fingerprint density at radius 1 is 0.677 bits per heavy atom.